The van der Waals surface area contributed by atoms with Crippen LogP contribution >= 0.6 is 0 Å². The van der Waals surface area contributed by atoms with Gasteiger partial charge in [0, 0.05) is 6.54 Å². The van der Waals surface area contributed by atoms with Gasteiger partial charge in [-0.2, -0.15) is 0 Å². The Balaban J connectivity index is 2.74. The number of benzene rings is 1. The van der Waals surface area contributed by atoms with E-state index in [2.05, 4.69) is 5.32 Å². The number of carbonyl (C=O) groups excluding carboxylic acids is 1. The average molecular weight is 258 g/mol. The normalized spacial score (nSPS) is 10.2. The number of amides is 1. The van der Waals surface area contributed by atoms with Crippen LogP contribution < -0.4 is 15.8 Å². The minimum absolute atomic E-state index is 0.304. The third kappa shape index (κ3) is 3.96. The lowest BCUT2D eigenvalue weighted by Crippen LogP contribution is -2.28. The molecular weight excluding hydrogens is 242 g/mol. The van der Waals surface area contributed by atoms with Gasteiger partial charge in [-0.1, -0.05) is 0 Å². The van der Waals surface area contributed by atoms with Gasteiger partial charge >= 0.3 is 0 Å². The first-order valence-electron chi connectivity index (χ1n) is 5.66. The molecule has 1 aromatic rings. The van der Waals surface area contributed by atoms with Gasteiger partial charge in [-0.15, -0.1) is 0 Å². The summed E-state index contributed by atoms with van der Waals surface area (Å²) in [5, 5.41) is 2.46. The topological polar surface area (TPSA) is 64.3 Å². The first-order valence-corrected chi connectivity index (χ1v) is 5.66. The van der Waals surface area contributed by atoms with E-state index < -0.39 is 29.9 Å². The molecule has 1 rings (SSSR count). The highest BCUT2D eigenvalue weighted by Gasteiger charge is 2.13. The number of hydrogen-bond acceptors (Lipinski definition) is 3. The van der Waals surface area contributed by atoms with Crippen molar-refractivity contribution >= 4 is 5.91 Å². The van der Waals surface area contributed by atoms with E-state index in [1.807, 2.05) is 0 Å². The van der Waals surface area contributed by atoms with Crippen molar-refractivity contribution in [1.82, 2.24) is 5.32 Å². The molecule has 0 aliphatic rings. The van der Waals surface area contributed by atoms with Crippen molar-refractivity contribution in [2.75, 3.05) is 19.7 Å². The summed E-state index contributed by atoms with van der Waals surface area (Å²) in [6.45, 7) is 2.05. The fourth-order valence-corrected chi connectivity index (χ4v) is 1.45. The van der Waals surface area contributed by atoms with Gasteiger partial charge in [-0.3, -0.25) is 4.79 Å². The summed E-state index contributed by atoms with van der Waals surface area (Å²) >= 11 is 0. The van der Waals surface area contributed by atoms with Gasteiger partial charge < -0.3 is 15.8 Å². The van der Waals surface area contributed by atoms with Crippen molar-refractivity contribution in [1.29, 1.82) is 0 Å². The van der Waals surface area contributed by atoms with E-state index in [0.717, 1.165) is 12.1 Å². The molecule has 1 amide bonds. The zero-order chi connectivity index (χ0) is 13.5. The van der Waals surface area contributed by atoms with Gasteiger partial charge in [0.15, 0.2) is 24.0 Å². The highest BCUT2D eigenvalue weighted by Crippen LogP contribution is 2.23. The lowest BCUT2D eigenvalue weighted by Gasteiger charge is -2.09. The number of likely N-dealkylation sites (N-methyl/N-ethyl adjacent to an activating group) is 1. The average Bonchev–Trinajstić information content (AvgIpc) is 2.28. The second kappa shape index (κ2) is 6.90. The molecule has 0 aromatic heterocycles. The SMILES string of the molecule is CCNC(=O)COc1c(F)cc(CCN)cc1F. The Labute approximate surface area is 104 Å². The molecule has 3 N–H and O–H groups in total. The van der Waals surface area contributed by atoms with Crippen LogP contribution in [0.1, 0.15) is 12.5 Å². The van der Waals surface area contributed by atoms with Gasteiger partial charge in [0.1, 0.15) is 0 Å². The molecule has 0 spiro atoms. The standard InChI is InChI=1S/C12H16F2N2O2/c1-2-16-11(17)7-18-12-9(13)5-8(3-4-15)6-10(12)14/h5-6H,2-4,7,15H2,1H3,(H,16,17). The Hall–Kier alpha value is -1.69. The van der Waals surface area contributed by atoms with Crippen LogP contribution in [0, 0.1) is 11.6 Å². The molecule has 0 saturated heterocycles. The number of carbonyl (C=O) groups is 1. The Morgan fingerprint density at radius 3 is 2.50 bits per heavy atom. The molecule has 0 saturated carbocycles. The highest BCUT2D eigenvalue weighted by molar-refractivity contribution is 5.77. The quantitative estimate of drug-likeness (QED) is 0.799. The maximum atomic E-state index is 13.5. The van der Waals surface area contributed by atoms with Gasteiger partial charge in [-0.05, 0) is 37.6 Å². The molecule has 4 nitrogen and oxygen atoms in total. The first kappa shape index (κ1) is 14.4. The lowest BCUT2D eigenvalue weighted by atomic mass is 10.1. The molecule has 0 fully saturated rings. The van der Waals surface area contributed by atoms with Crippen LogP contribution in [0.25, 0.3) is 0 Å². The van der Waals surface area contributed by atoms with Gasteiger partial charge in [0.25, 0.3) is 5.91 Å². The van der Waals surface area contributed by atoms with Crippen molar-refractivity contribution < 1.29 is 18.3 Å². The lowest BCUT2D eigenvalue weighted by molar-refractivity contribution is -0.123. The van der Waals surface area contributed by atoms with Crippen LogP contribution in [0.15, 0.2) is 12.1 Å². The molecule has 0 aliphatic heterocycles. The van der Waals surface area contributed by atoms with Crippen molar-refractivity contribution in [3.8, 4) is 5.75 Å². The summed E-state index contributed by atoms with van der Waals surface area (Å²) < 4.78 is 31.9. The molecule has 0 bridgehead atoms. The summed E-state index contributed by atoms with van der Waals surface area (Å²) in [7, 11) is 0. The molecule has 0 aliphatic carbocycles. The number of hydrogen-bond donors (Lipinski definition) is 2. The van der Waals surface area contributed by atoms with E-state index in [0.29, 0.717) is 25.1 Å². The third-order valence-corrected chi connectivity index (χ3v) is 2.21. The number of nitrogens with one attached hydrogen (secondary N) is 1. The molecular formula is C12H16F2N2O2. The van der Waals surface area contributed by atoms with Crippen molar-refractivity contribution in [3.63, 3.8) is 0 Å². The molecule has 18 heavy (non-hydrogen) atoms. The summed E-state index contributed by atoms with van der Waals surface area (Å²) in [6, 6.07) is 2.31. The number of halogens is 2. The maximum Gasteiger partial charge on any atom is 0.257 e. The minimum Gasteiger partial charge on any atom is -0.478 e. The Morgan fingerprint density at radius 2 is 2.00 bits per heavy atom. The predicted molar refractivity (Wildman–Crippen MR) is 63.3 cm³/mol. The summed E-state index contributed by atoms with van der Waals surface area (Å²) in [6.07, 6.45) is 0.379. The smallest absolute Gasteiger partial charge is 0.257 e. The fraction of sp³-hybridized carbons (Fsp3) is 0.417. The molecule has 1 aromatic carbocycles. The predicted octanol–water partition coefficient (Wildman–Crippen LogP) is 0.981. The fourth-order valence-electron chi connectivity index (χ4n) is 1.45. The Morgan fingerprint density at radius 1 is 1.39 bits per heavy atom. The van der Waals surface area contributed by atoms with E-state index in [4.69, 9.17) is 10.5 Å². The summed E-state index contributed by atoms with van der Waals surface area (Å²) in [4.78, 5) is 11.1. The molecule has 100 valence electrons. The third-order valence-electron chi connectivity index (χ3n) is 2.21. The zero-order valence-electron chi connectivity index (χ0n) is 10.1. The largest absolute Gasteiger partial charge is 0.478 e. The summed E-state index contributed by atoms with van der Waals surface area (Å²) in [5.74, 6) is -2.63. The van der Waals surface area contributed by atoms with Crippen LogP contribution in [0.2, 0.25) is 0 Å². The second-order valence-corrected chi connectivity index (χ2v) is 3.67. The molecule has 0 radical (unpaired) electrons. The zero-order valence-corrected chi connectivity index (χ0v) is 10.1. The van der Waals surface area contributed by atoms with Crippen LogP contribution in [0.4, 0.5) is 8.78 Å². The van der Waals surface area contributed by atoms with E-state index in [1.165, 1.54) is 0 Å². The first-order chi connectivity index (χ1) is 8.58. The van der Waals surface area contributed by atoms with Gasteiger partial charge in [0.2, 0.25) is 0 Å². The summed E-state index contributed by atoms with van der Waals surface area (Å²) in [5.41, 5.74) is 5.76. The van der Waals surface area contributed by atoms with Crippen molar-refractivity contribution in [3.05, 3.63) is 29.3 Å². The van der Waals surface area contributed by atoms with Crippen LogP contribution in [0.5, 0.6) is 5.75 Å². The van der Waals surface area contributed by atoms with Gasteiger partial charge in [-0.25, -0.2) is 8.78 Å². The Bertz CT molecular complexity index is 402. The van der Waals surface area contributed by atoms with E-state index in [9.17, 15) is 13.6 Å². The van der Waals surface area contributed by atoms with Crippen molar-refractivity contribution in [2.45, 2.75) is 13.3 Å². The van der Waals surface area contributed by atoms with Crippen molar-refractivity contribution in [2.24, 2.45) is 5.73 Å². The molecule has 0 unspecified atom stereocenters. The van der Waals surface area contributed by atoms with E-state index >= 15 is 0 Å². The molecule has 0 atom stereocenters. The molecule has 0 heterocycles. The Kier molecular flexibility index (Phi) is 5.51. The molecule has 6 heteroatoms. The number of ether oxygens (including phenoxy) is 1. The van der Waals surface area contributed by atoms with Crippen LogP contribution in [-0.4, -0.2) is 25.6 Å². The second-order valence-electron chi connectivity index (χ2n) is 3.67. The minimum atomic E-state index is -0.831. The number of rotatable bonds is 6. The van der Waals surface area contributed by atoms with Crippen LogP contribution in [0.3, 0.4) is 0 Å². The van der Waals surface area contributed by atoms with E-state index in [-0.39, 0.29) is 0 Å². The maximum absolute atomic E-state index is 13.5. The van der Waals surface area contributed by atoms with Crippen LogP contribution in [-0.2, 0) is 11.2 Å². The monoisotopic (exact) mass is 258 g/mol. The number of nitrogens with two attached hydrogens (primary N) is 1. The highest BCUT2D eigenvalue weighted by atomic mass is 19.1. The van der Waals surface area contributed by atoms with E-state index in [1.54, 1.807) is 6.92 Å². The van der Waals surface area contributed by atoms with Gasteiger partial charge in [0.05, 0.1) is 0 Å².